The minimum Gasteiger partial charge on any atom is -0.281 e. The zero-order valence-electron chi connectivity index (χ0n) is 13.8. The van der Waals surface area contributed by atoms with Gasteiger partial charge in [-0.25, -0.2) is 0 Å². The van der Waals surface area contributed by atoms with Crippen molar-refractivity contribution in [2.45, 2.75) is 46.5 Å². The van der Waals surface area contributed by atoms with Crippen molar-refractivity contribution >= 4 is 11.7 Å². The van der Waals surface area contributed by atoms with E-state index in [0.717, 1.165) is 31.6 Å². The molecule has 22 heavy (non-hydrogen) atoms. The van der Waals surface area contributed by atoms with Gasteiger partial charge in [-0.1, -0.05) is 13.8 Å². The highest BCUT2D eigenvalue weighted by atomic mass is 16.2. The van der Waals surface area contributed by atoms with E-state index in [0.29, 0.717) is 23.0 Å². The number of rotatable bonds is 4. The number of nitrogens with one attached hydrogen (secondary N) is 2. The molecule has 1 aromatic heterocycles. The molecule has 0 atom stereocenters. The highest BCUT2D eigenvalue weighted by molar-refractivity contribution is 5.80. The molecule has 2 rings (SSSR count). The summed E-state index contributed by atoms with van der Waals surface area (Å²) in [5.41, 5.74) is 6.72. The van der Waals surface area contributed by atoms with Gasteiger partial charge in [0.1, 0.15) is 11.6 Å². The van der Waals surface area contributed by atoms with E-state index in [-0.39, 0.29) is 11.8 Å². The summed E-state index contributed by atoms with van der Waals surface area (Å²) in [7, 11) is 1.75. The summed E-state index contributed by atoms with van der Waals surface area (Å²) in [6, 6.07) is 2.11. The average molecular weight is 303 g/mol. The van der Waals surface area contributed by atoms with Crippen molar-refractivity contribution in [3.8, 4) is 6.07 Å². The molecular weight excluding hydrogens is 278 g/mol. The summed E-state index contributed by atoms with van der Waals surface area (Å²) in [5.74, 6) is 2.02. The van der Waals surface area contributed by atoms with Gasteiger partial charge in [0.25, 0.3) is 0 Å². The molecule has 0 unspecified atom stereocenters. The second-order valence-corrected chi connectivity index (χ2v) is 6.51. The van der Waals surface area contributed by atoms with Gasteiger partial charge in [0.05, 0.1) is 5.69 Å². The van der Waals surface area contributed by atoms with Crippen LogP contribution in [0.3, 0.4) is 0 Å². The van der Waals surface area contributed by atoms with E-state index in [2.05, 4.69) is 35.9 Å². The van der Waals surface area contributed by atoms with Gasteiger partial charge >= 0.3 is 0 Å². The van der Waals surface area contributed by atoms with Crippen LogP contribution in [0.4, 0.5) is 5.82 Å². The molecular formula is C16H25N5O. The van der Waals surface area contributed by atoms with Crippen molar-refractivity contribution in [3.05, 3.63) is 11.3 Å². The van der Waals surface area contributed by atoms with Crippen LogP contribution in [0.1, 0.15) is 50.8 Å². The molecule has 1 aliphatic rings. The Morgan fingerprint density at radius 2 is 2.00 bits per heavy atom. The summed E-state index contributed by atoms with van der Waals surface area (Å²) in [5, 5.41) is 13.3. The van der Waals surface area contributed by atoms with Gasteiger partial charge in [-0.3, -0.25) is 20.3 Å². The number of aromatic nitrogens is 2. The lowest BCUT2D eigenvalue weighted by Crippen LogP contribution is -2.37. The fourth-order valence-electron chi connectivity index (χ4n) is 3.21. The quantitative estimate of drug-likeness (QED) is 0.837. The van der Waals surface area contributed by atoms with Gasteiger partial charge in [-0.05, 0) is 44.4 Å². The van der Waals surface area contributed by atoms with Gasteiger partial charge in [0, 0.05) is 13.0 Å². The summed E-state index contributed by atoms with van der Waals surface area (Å²) in [4.78, 5) is 12.3. The van der Waals surface area contributed by atoms with E-state index in [1.165, 1.54) is 0 Å². The Balaban J connectivity index is 1.91. The van der Waals surface area contributed by atoms with E-state index in [9.17, 15) is 4.79 Å². The second kappa shape index (κ2) is 6.82. The lowest BCUT2D eigenvalue weighted by atomic mass is 9.77. The first-order chi connectivity index (χ1) is 10.4. The number of hydrogen-bond acceptors (Lipinski definition) is 4. The molecule has 6 nitrogen and oxygen atoms in total. The molecule has 6 heteroatoms. The Hall–Kier alpha value is -2.03. The van der Waals surface area contributed by atoms with Crippen LogP contribution in [0.5, 0.6) is 0 Å². The van der Waals surface area contributed by atoms with Crippen LogP contribution >= 0.6 is 0 Å². The Bertz CT molecular complexity index is 576. The molecule has 0 radical (unpaired) electrons. The van der Waals surface area contributed by atoms with Crippen LogP contribution in [0.15, 0.2) is 0 Å². The topological polar surface area (TPSA) is 82.7 Å². The van der Waals surface area contributed by atoms with Crippen molar-refractivity contribution in [2.75, 3.05) is 5.43 Å². The number of nitrogens with zero attached hydrogens (tertiary/aromatic N) is 3. The molecule has 120 valence electrons. The van der Waals surface area contributed by atoms with Crippen LogP contribution in [0.2, 0.25) is 0 Å². The van der Waals surface area contributed by atoms with Gasteiger partial charge in [-0.2, -0.15) is 10.4 Å². The number of aryl methyl sites for hydroxylation is 2. The normalized spacial score (nSPS) is 21.5. The number of anilines is 1. The molecule has 1 saturated carbocycles. The molecule has 1 heterocycles. The fourth-order valence-corrected chi connectivity index (χ4v) is 3.21. The number of hydrogen-bond donors (Lipinski definition) is 2. The minimum absolute atomic E-state index is 0.00458. The van der Waals surface area contributed by atoms with E-state index in [1.807, 2.05) is 0 Å². The molecule has 1 amide bonds. The predicted molar refractivity (Wildman–Crippen MR) is 84.7 cm³/mol. The molecule has 0 aliphatic heterocycles. The third-order valence-electron chi connectivity index (χ3n) is 4.72. The van der Waals surface area contributed by atoms with Gasteiger partial charge in [0.15, 0.2) is 5.82 Å². The number of amides is 1. The molecule has 2 N–H and O–H groups in total. The molecule has 1 aromatic rings. The van der Waals surface area contributed by atoms with Gasteiger partial charge in [0.2, 0.25) is 5.91 Å². The number of carbonyl (C=O) groups excluding carboxylic acids is 1. The lowest BCUT2D eigenvalue weighted by molar-refractivity contribution is -0.125. The Morgan fingerprint density at radius 3 is 2.55 bits per heavy atom. The molecule has 1 aliphatic carbocycles. The summed E-state index contributed by atoms with van der Waals surface area (Å²) < 4.78 is 1.57. The first-order valence-corrected chi connectivity index (χ1v) is 7.93. The highest BCUT2D eigenvalue weighted by Gasteiger charge is 2.27. The summed E-state index contributed by atoms with van der Waals surface area (Å²) >= 11 is 0. The van der Waals surface area contributed by atoms with E-state index in [1.54, 1.807) is 18.7 Å². The smallest absolute Gasteiger partial charge is 0.241 e. The number of hydrazine groups is 1. The second-order valence-electron chi connectivity index (χ2n) is 6.51. The summed E-state index contributed by atoms with van der Waals surface area (Å²) in [6.45, 7) is 6.28. The van der Waals surface area contributed by atoms with Crippen molar-refractivity contribution in [3.63, 3.8) is 0 Å². The van der Waals surface area contributed by atoms with Crippen molar-refractivity contribution in [1.29, 1.82) is 5.26 Å². The zero-order valence-corrected chi connectivity index (χ0v) is 13.8. The van der Waals surface area contributed by atoms with E-state index >= 15 is 0 Å². The maximum Gasteiger partial charge on any atom is 0.241 e. The average Bonchev–Trinajstić information content (AvgIpc) is 2.77. The van der Waals surface area contributed by atoms with Crippen LogP contribution in [-0.2, 0) is 11.8 Å². The molecule has 0 aromatic carbocycles. The first kappa shape index (κ1) is 16.3. The third-order valence-corrected chi connectivity index (χ3v) is 4.72. The standard InChI is InChI=1S/C16H25N5O/c1-10(2)12-5-7-13(8-6-12)16(22)19-18-15-14(9-17)11(3)20-21(15)4/h10,12-13,18H,5-8H2,1-4H3,(H,19,22). The Labute approximate surface area is 131 Å². The lowest BCUT2D eigenvalue weighted by Gasteiger charge is -2.30. The van der Waals surface area contributed by atoms with Crippen molar-refractivity contribution in [1.82, 2.24) is 15.2 Å². The van der Waals surface area contributed by atoms with Crippen LogP contribution < -0.4 is 10.9 Å². The first-order valence-electron chi connectivity index (χ1n) is 7.93. The van der Waals surface area contributed by atoms with Gasteiger partial charge in [-0.15, -0.1) is 0 Å². The Morgan fingerprint density at radius 1 is 1.36 bits per heavy atom. The Kier molecular flexibility index (Phi) is 5.07. The molecule has 0 bridgehead atoms. The maximum atomic E-state index is 12.3. The number of nitriles is 1. The SMILES string of the molecule is Cc1nn(C)c(NNC(=O)C2CCC(C(C)C)CC2)c1C#N. The third kappa shape index (κ3) is 3.41. The maximum absolute atomic E-state index is 12.3. The zero-order chi connectivity index (χ0) is 16.3. The highest BCUT2D eigenvalue weighted by Crippen LogP contribution is 2.33. The predicted octanol–water partition coefficient (Wildman–Crippen LogP) is 2.51. The molecule has 0 spiro atoms. The van der Waals surface area contributed by atoms with Gasteiger partial charge < -0.3 is 0 Å². The fraction of sp³-hybridized carbons (Fsp3) is 0.688. The van der Waals surface area contributed by atoms with E-state index < -0.39 is 0 Å². The van der Waals surface area contributed by atoms with Crippen molar-refractivity contribution in [2.24, 2.45) is 24.8 Å². The van der Waals surface area contributed by atoms with Crippen LogP contribution in [0, 0.1) is 36.0 Å². The van der Waals surface area contributed by atoms with Crippen LogP contribution in [-0.4, -0.2) is 15.7 Å². The monoisotopic (exact) mass is 303 g/mol. The van der Waals surface area contributed by atoms with Crippen molar-refractivity contribution < 1.29 is 4.79 Å². The molecule has 0 saturated heterocycles. The van der Waals surface area contributed by atoms with Crippen LogP contribution in [0.25, 0.3) is 0 Å². The molecule has 1 fully saturated rings. The summed E-state index contributed by atoms with van der Waals surface area (Å²) in [6.07, 6.45) is 4.10. The largest absolute Gasteiger partial charge is 0.281 e. The minimum atomic E-state index is 0.00458. The number of carbonyl (C=O) groups is 1. The van der Waals surface area contributed by atoms with E-state index in [4.69, 9.17) is 5.26 Å².